The topological polar surface area (TPSA) is 81.8 Å². The van der Waals surface area contributed by atoms with Crippen molar-refractivity contribution in [1.29, 1.82) is 0 Å². The van der Waals surface area contributed by atoms with Crippen molar-refractivity contribution in [3.8, 4) is 0 Å². The molecule has 2 aromatic heterocycles. The Bertz CT molecular complexity index is 1650. The maximum Gasteiger partial charge on any atom is 0.351 e. The smallest absolute Gasteiger partial charge is 0.351 e. The molecule has 3 aromatic carbocycles. The largest absolute Gasteiger partial charge is 0.460 e. The number of fused-ring (bicyclic) bond motifs is 3. The molecule has 0 fully saturated rings. The van der Waals surface area contributed by atoms with E-state index in [2.05, 4.69) is 18.7 Å². The Labute approximate surface area is 207 Å². The molecule has 36 heavy (non-hydrogen) atoms. The standard InChI is InChI=1S/C29H26N2O5/c1-3-30(4-2)20-14-13-19-17-23(29(34)36-26(19)18-20)28(33)35-16-15-31-24-11-7-5-9-21(24)27(32)22-10-6-8-12-25(22)31/h5-14,17-18H,3-4,15-16H2,1-2H3. The summed E-state index contributed by atoms with van der Waals surface area (Å²) in [5, 5.41) is 1.85. The first-order valence-electron chi connectivity index (χ1n) is 12.0. The Hall–Kier alpha value is -4.39. The highest BCUT2D eigenvalue weighted by molar-refractivity contribution is 5.94. The van der Waals surface area contributed by atoms with Crippen molar-refractivity contribution in [2.45, 2.75) is 20.4 Å². The normalized spacial score (nSPS) is 11.3. The molecule has 0 N–H and O–H groups in total. The van der Waals surface area contributed by atoms with Gasteiger partial charge in [0.15, 0.2) is 5.43 Å². The molecular weight excluding hydrogens is 456 g/mol. The van der Waals surface area contributed by atoms with Crippen molar-refractivity contribution in [1.82, 2.24) is 4.57 Å². The summed E-state index contributed by atoms with van der Waals surface area (Å²) in [6, 6.07) is 21.8. The molecule has 0 radical (unpaired) electrons. The quantitative estimate of drug-likeness (QED) is 0.185. The Morgan fingerprint density at radius 1 is 0.889 bits per heavy atom. The molecule has 0 saturated heterocycles. The van der Waals surface area contributed by atoms with Gasteiger partial charge < -0.3 is 18.6 Å². The maximum atomic E-state index is 12.9. The minimum Gasteiger partial charge on any atom is -0.460 e. The first-order chi connectivity index (χ1) is 17.5. The highest BCUT2D eigenvalue weighted by atomic mass is 16.5. The van der Waals surface area contributed by atoms with Crippen LogP contribution in [0.3, 0.4) is 0 Å². The van der Waals surface area contributed by atoms with Gasteiger partial charge in [0.1, 0.15) is 17.8 Å². The second-order valence-electron chi connectivity index (χ2n) is 8.49. The number of hydrogen-bond acceptors (Lipinski definition) is 6. The molecule has 7 heteroatoms. The van der Waals surface area contributed by atoms with Gasteiger partial charge >= 0.3 is 11.6 Å². The number of carbonyl (C=O) groups is 1. The Kier molecular flexibility index (Phi) is 6.29. The van der Waals surface area contributed by atoms with Gasteiger partial charge in [-0.3, -0.25) is 4.79 Å². The molecule has 0 atom stereocenters. The molecule has 0 spiro atoms. The number of anilines is 1. The second kappa shape index (κ2) is 9.70. The zero-order valence-corrected chi connectivity index (χ0v) is 20.2. The van der Waals surface area contributed by atoms with E-state index in [-0.39, 0.29) is 17.6 Å². The van der Waals surface area contributed by atoms with Gasteiger partial charge in [-0.1, -0.05) is 24.3 Å². The van der Waals surface area contributed by atoms with Gasteiger partial charge in [-0.2, -0.15) is 0 Å². The van der Waals surface area contributed by atoms with Gasteiger partial charge in [-0.15, -0.1) is 0 Å². The lowest BCUT2D eigenvalue weighted by Crippen LogP contribution is -2.22. The molecule has 5 rings (SSSR count). The van der Waals surface area contributed by atoms with Crippen LogP contribution in [-0.2, 0) is 11.3 Å². The van der Waals surface area contributed by atoms with E-state index in [1.807, 2.05) is 59.2 Å². The SMILES string of the molecule is CCN(CC)c1ccc2cc(C(=O)OCCn3c4ccccc4c(=O)c4ccccc43)c(=O)oc2c1. The first-order valence-corrected chi connectivity index (χ1v) is 12.0. The van der Waals surface area contributed by atoms with Crippen molar-refractivity contribution in [2.75, 3.05) is 24.6 Å². The number of nitrogens with zero attached hydrogens (tertiary/aromatic N) is 2. The number of esters is 1. The van der Waals surface area contributed by atoms with E-state index in [1.54, 1.807) is 12.1 Å². The fraction of sp³-hybridized carbons (Fsp3) is 0.207. The third-order valence-electron chi connectivity index (χ3n) is 6.50. The van der Waals surface area contributed by atoms with E-state index in [4.69, 9.17) is 9.15 Å². The van der Waals surface area contributed by atoms with Crippen LogP contribution in [0.15, 0.2) is 86.8 Å². The minimum absolute atomic E-state index is 0.0219. The van der Waals surface area contributed by atoms with E-state index in [1.165, 1.54) is 6.07 Å². The molecule has 0 aliphatic heterocycles. The van der Waals surface area contributed by atoms with Crippen molar-refractivity contribution in [3.05, 3.63) is 99.0 Å². The lowest BCUT2D eigenvalue weighted by atomic mass is 10.1. The van der Waals surface area contributed by atoms with Crippen LogP contribution >= 0.6 is 0 Å². The van der Waals surface area contributed by atoms with Crippen LogP contribution in [0.1, 0.15) is 24.2 Å². The fourth-order valence-electron chi connectivity index (χ4n) is 4.65. The van der Waals surface area contributed by atoms with E-state index >= 15 is 0 Å². The van der Waals surface area contributed by atoms with Crippen LogP contribution < -0.4 is 16.0 Å². The molecule has 0 saturated carbocycles. The zero-order chi connectivity index (χ0) is 25.2. The monoisotopic (exact) mass is 482 g/mol. The number of aromatic nitrogens is 1. The number of hydrogen-bond donors (Lipinski definition) is 0. The molecule has 182 valence electrons. The van der Waals surface area contributed by atoms with Crippen LogP contribution in [-0.4, -0.2) is 30.2 Å². The minimum atomic E-state index is -0.742. The van der Waals surface area contributed by atoms with Crippen molar-refractivity contribution >= 4 is 44.4 Å². The summed E-state index contributed by atoms with van der Waals surface area (Å²) in [5.41, 5.74) is 1.97. The Morgan fingerprint density at radius 2 is 1.53 bits per heavy atom. The predicted octanol–water partition coefficient (Wildman–Crippen LogP) is 4.96. The number of pyridine rings is 1. The third kappa shape index (κ3) is 4.13. The third-order valence-corrected chi connectivity index (χ3v) is 6.50. The molecule has 7 nitrogen and oxygen atoms in total. The first kappa shape index (κ1) is 23.4. The second-order valence-corrected chi connectivity index (χ2v) is 8.49. The summed E-state index contributed by atoms with van der Waals surface area (Å²) in [6.07, 6.45) is 0. The summed E-state index contributed by atoms with van der Waals surface area (Å²) in [7, 11) is 0. The summed E-state index contributed by atoms with van der Waals surface area (Å²) in [4.78, 5) is 40.4. The fourth-order valence-corrected chi connectivity index (χ4v) is 4.65. The predicted molar refractivity (Wildman–Crippen MR) is 142 cm³/mol. The van der Waals surface area contributed by atoms with Crippen LogP contribution in [0.25, 0.3) is 32.8 Å². The number of rotatable bonds is 7. The van der Waals surface area contributed by atoms with Crippen molar-refractivity contribution in [2.24, 2.45) is 0 Å². The maximum absolute atomic E-state index is 12.9. The van der Waals surface area contributed by atoms with E-state index in [0.29, 0.717) is 28.3 Å². The molecular formula is C29H26N2O5. The Balaban J connectivity index is 1.40. The molecule has 0 amide bonds. The van der Waals surface area contributed by atoms with Gasteiger partial charge in [0.2, 0.25) is 0 Å². The van der Waals surface area contributed by atoms with Gasteiger partial charge in [-0.25, -0.2) is 9.59 Å². The summed E-state index contributed by atoms with van der Waals surface area (Å²) < 4.78 is 12.9. The number of carbonyl (C=O) groups excluding carboxylic acids is 1. The van der Waals surface area contributed by atoms with E-state index < -0.39 is 11.6 Å². The van der Waals surface area contributed by atoms with Gasteiger partial charge in [-0.05, 0) is 56.3 Å². The molecule has 0 aliphatic carbocycles. The highest BCUT2D eigenvalue weighted by Gasteiger charge is 2.17. The Morgan fingerprint density at radius 3 is 2.17 bits per heavy atom. The van der Waals surface area contributed by atoms with Crippen LogP contribution in [0.2, 0.25) is 0 Å². The van der Waals surface area contributed by atoms with Crippen LogP contribution in [0.4, 0.5) is 5.69 Å². The lowest BCUT2D eigenvalue weighted by molar-refractivity contribution is 0.0489. The van der Waals surface area contributed by atoms with Gasteiger partial charge in [0.05, 0.1) is 17.6 Å². The number of ether oxygens (including phenoxy) is 1. The van der Waals surface area contributed by atoms with Crippen molar-refractivity contribution < 1.29 is 13.9 Å². The average Bonchev–Trinajstić information content (AvgIpc) is 2.90. The van der Waals surface area contributed by atoms with E-state index in [9.17, 15) is 14.4 Å². The van der Waals surface area contributed by atoms with E-state index in [0.717, 1.165) is 29.8 Å². The highest BCUT2D eigenvalue weighted by Crippen LogP contribution is 2.22. The van der Waals surface area contributed by atoms with Gasteiger partial charge in [0, 0.05) is 41.0 Å². The van der Waals surface area contributed by atoms with Crippen LogP contribution in [0, 0.1) is 0 Å². The zero-order valence-electron chi connectivity index (χ0n) is 20.2. The molecule has 0 bridgehead atoms. The summed E-state index contributed by atoms with van der Waals surface area (Å²) in [5.74, 6) is -0.742. The number of para-hydroxylation sites is 2. The van der Waals surface area contributed by atoms with Crippen LogP contribution in [0.5, 0.6) is 0 Å². The van der Waals surface area contributed by atoms with Gasteiger partial charge in [0.25, 0.3) is 0 Å². The average molecular weight is 483 g/mol. The molecule has 0 aliphatic rings. The summed E-state index contributed by atoms with van der Waals surface area (Å²) >= 11 is 0. The lowest BCUT2D eigenvalue weighted by Gasteiger charge is -2.21. The summed E-state index contributed by atoms with van der Waals surface area (Å²) in [6.45, 7) is 6.12. The number of benzene rings is 3. The molecule has 0 unspecified atom stereocenters. The molecule has 2 heterocycles. The molecule has 5 aromatic rings. The van der Waals surface area contributed by atoms with Crippen molar-refractivity contribution in [3.63, 3.8) is 0 Å².